The lowest BCUT2D eigenvalue weighted by Gasteiger charge is -2.20. The molecule has 0 aliphatic carbocycles. The van der Waals surface area contributed by atoms with Crippen LogP contribution in [0, 0.1) is 0 Å². The molecule has 0 saturated carbocycles. The smallest absolute Gasteiger partial charge is 0.244 e. The summed E-state index contributed by atoms with van der Waals surface area (Å²) in [6.45, 7) is 1.58. The quantitative estimate of drug-likeness (QED) is 0.552. The Balaban J connectivity index is 1.68. The van der Waals surface area contributed by atoms with Gasteiger partial charge < -0.3 is 29.1 Å². The van der Waals surface area contributed by atoms with Crippen LogP contribution >= 0.6 is 0 Å². The van der Waals surface area contributed by atoms with E-state index in [-0.39, 0.29) is 12.5 Å². The van der Waals surface area contributed by atoms with Gasteiger partial charge in [-0.15, -0.1) is 0 Å². The maximum atomic E-state index is 12.3. The largest absolute Gasteiger partial charge is 0.493 e. The fourth-order valence-electron chi connectivity index (χ4n) is 3.02. The molecule has 0 fully saturated rings. The van der Waals surface area contributed by atoms with Crippen LogP contribution in [0.3, 0.4) is 0 Å². The summed E-state index contributed by atoms with van der Waals surface area (Å²) in [5.74, 6) is 1.48. The topological polar surface area (TPSA) is 90.2 Å². The van der Waals surface area contributed by atoms with Gasteiger partial charge in [0.25, 0.3) is 0 Å². The molecule has 7 nitrogen and oxygen atoms in total. The number of carbonyl (C=O) groups is 1. The zero-order chi connectivity index (χ0) is 21.7. The molecular formula is C23H25NO6. The van der Waals surface area contributed by atoms with E-state index < -0.39 is 5.60 Å². The number of ether oxygens (including phenoxy) is 3. The average molecular weight is 411 g/mol. The number of benzene rings is 2. The van der Waals surface area contributed by atoms with Gasteiger partial charge in [0.2, 0.25) is 11.7 Å². The molecule has 1 unspecified atom stereocenters. The Hall–Kier alpha value is -3.45. The highest BCUT2D eigenvalue weighted by Crippen LogP contribution is 2.38. The Bertz CT molecular complexity index is 1010. The SMILES string of the molecule is COc1cc(/C=C/C(=O)NCC(C)(O)c2cc3ccccc3o2)cc(OC)c1OC. The van der Waals surface area contributed by atoms with Crippen LogP contribution < -0.4 is 19.5 Å². The molecule has 2 N–H and O–H groups in total. The average Bonchev–Trinajstić information content (AvgIpc) is 3.20. The molecule has 30 heavy (non-hydrogen) atoms. The second-order valence-corrected chi connectivity index (χ2v) is 6.93. The van der Waals surface area contributed by atoms with Gasteiger partial charge in [0.05, 0.1) is 27.9 Å². The summed E-state index contributed by atoms with van der Waals surface area (Å²) in [6.07, 6.45) is 2.99. The number of hydrogen-bond acceptors (Lipinski definition) is 6. The maximum absolute atomic E-state index is 12.3. The second kappa shape index (κ2) is 8.92. The fourth-order valence-corrected chi connectivity index (χ4v) is 3.02. The summed E-state index contributed by atoms with van der Waals surface area (Å²) in [5.41, 5.74) is 0.0276. The normalized spacial score (nSPS) is 13.2. The number of methoxy groups -OCH3 is 3. The minimum absolute atomic E-state index is 0.00868. The van der Waals surface area contributed by atoms with Gasteiger partial charge in [-0.05, 0) is 42.8 Å². The summed E-state index contributed by atoms with van der Waals surface area (Å²) >= 11 is 0. The van der Waals surface area contributed by atoms with Crippen LogP contribution in [-0.2, 0) is 10.4 Å². The fraction of sp³-hybridized carbons (Fsp3) is 0.261. The van der Waals surface area contributed by atoms with Crippen LogP contribution in [0.5, 0.6) is 17.2 Å². The number of hydrogen-bond donors (Lipinski definition) is 2. The van der Waals surface area contributed by atoms with E-state index in [1.54, 1.807) is 31.2 Å². The Morgan fingerprint density at radius 1 is 1.10 bits per heavy atom. The van der Waals surface area contributed by atoms with Crippen molar-refractivity contribution in [3.05, 3.63) is 59.9 Å². The third-order valence-electron chi connectivity index (χ3n) is 4.68. The monoisotopic (exact) mass is 411 g/mol. The third-order valence-corrected chi connectivity index (χ3v) is 4.68. The van der Waals surface area contributed by atoms with Crippen molar-refractivity contribution in [1.82, 2.24) is 5.32 Å². The molecule has 1 aromatic heterocycles. The zero-order valence-corrected chi connectivity index (χ0v) is 17.4. The van der Waals surface area contributed by atoms with E-state index in [9.17, 15) is 9.90 Å². The molecule has 3 aromatic rings. The predicted molar refractivity (Wildman–Crippen MR) is 114 cm³/mol. The van der Waals surface area contributed by atoms with Gasteiger partial charge in [0, 0.05) is 11.5 Å². The number of rotatable bonds is 8. The van der Waals surface area contributed by atoms with E-state index in [0.29, 0.717) is 34.2 Å². The lowest BCUT2D eigenvalue weighted by Crippen LogP contribution is -2.37. The van der Waals surface area contributed by atoms with Gasteiger partial charge in [-0.3, -0.25) is 4.79 Å². The lowest BCUT2D eigenvalue weighted by atomic mass is 10.0. The number of para-hydroxylation sites is 1. The summed E-state index contributed by atoms with van der Waals surface area (Å²) < 4.78 is 21.6. The highest BCUT2D eigenvalue weighted by Gasteiger charge is 2.27. The highest BCUT2D eigenvalue weighted by molar-refractivity contribution is 5.92. The van der Waals surface area contributed by atoms with Crippen LogP contribution in [0.25, 0.3) is 17.0 Å². The number of fused-ring (bicyclic) bond motifs is 1. The van der Waals surface area contributed by atoms with Gasteiger partial charge in [0.15, 0.2) is 11.5 Å². The Kier molecular flexibility index (Phi) is 6.32. The van der Waals surface area contributed by atoms with E-state index in [0.717, 1.165) is 5.39 Å². The predicted octanol–water partition coefficient (Wildman–Crippen LogP) is 3.50. The summed E-state index contributed by atoms with van der Waals surface area (Å²) in [4.78, 5) is 12.3. The molecule has 0 aliphatic heterocycles. The first-order valence-electron chi connectivity index (χ1n) is 9.35. The standard InChI is InChI=1S/C23H25NO6/c1-23(26,20-13-16-7-5-6-8-17(16)30-20)14-24-21(25)10-9-15-11-18(27-2)22(29-4)19(12-15)28-3/h5-13,26H,14H2,1-4H3,(H,24,25)/b10-9+. The first kappa shape index (κ1) is 21.3. The van der Waals surface area contributed by atoms with Crippen LogP contribution in [0.2, 0.25) is 0 Å². The number of amides is 1. The molecule has 0 bridgehead atoms. The lowest BCUT2D eigenvalue weighted by molar-refractivity contribution is -0.117. The molecule has 0 saturated heterocycles. The molecule has 0 spiro atoms. The minimum Gasteiger partial charge on any atom is -0.493 e. The maximum Gasteiger partial charge on any atom is 0.244 e. The van der Waals surface area contributed by atoms with Gasteiger partial charge >= 0.3 is 0 Å². The molecule has 1 heterocycles. The van der Waals surface area contributed by atoms with Gasteiger partial charge in [-0.1, -0.05) is 18.2 Å². The van der Waals surface area contributed by atoms with Gasteiger partial charge in [-0.2, -0.15) is 0 Å². The van der Waals surface area contributed by atoms with Gasteiger partial charge in [0.1, 0.15) is 16.9 Å². The van der Waals surface area contributed by atoms with Crippen LogP contribution in [0.1, 0.15) is 18.2 Å². The van der Waals surface area contributed by atoms with Crippen molar-refractivity contribution in [2.45, 2.75) is 12.5 Å². The first-order valence-corrected chi connectivity index (χ1v) is 9.35. The molecule has 0 radical (unpaired) electrons. The van der Waals surface area contributed by atoms with Crippen molar-refractivity contribution in [2.75, 3.05) is 27.9 Å². The molecule has 7 heteroatoms. The van der Waals surface area contributed by atoms with E-state index >= 15 is 0 Å². The molecular weight excluding hydrogens is 386 g/mol. The van der Waals surface area contributed by atoms with Crippen LogP contribution in [0.15, 0.2) is 53.0 Å². The molecule has 0 aliphatic rings. The van der Waals surface area contributed by atoms with Crippen LogP contribution in [0.4, 0.5) is 0 Å². The first-order chi connectivity index (χ1) is 14.4. The summed E-state index contributed by atoms with van der Waals surface area (Å²) in [5, 5.41) is 14.3. The van der Waals surface area contributed by atoms with E-state index in [1.165, 1.54) is 27.4 Å². The van der Waals surface area contributed by atoms with E-state index in [1.807, 2.05) is 24.3 Å². The van der Waals surface area contributed by atoms with E-state index in [2.05, 4.69) is 5.32 Å². The molecule has 1 amide bonds. The van der Waals surface area contributed by atoms with Crippen molar-refractivity contribution in [3.63, 3.8) is 0 Å². The minimum atomic E-state index is -1.35. The Morgan fingerprint density at radius 2 is 1.77 bits per heavy atom. The highest BCUT2D eigenvalue weighted by atomic mass is 16.5. The van der Waals surface area contributed by atoms with Crippen molar-refractivity contribution in [3.8, 4) is 17.2 Å². The molecule has 158 valence electrons. The molecule has 2 aromatic carbocycles. The molecule has 1 atom stereocenters. The second-order valence-electron chi connectivity index (χ2n) is 6.93. The van der Waals surface area contributed by atoms with Crippen molar-refractivity contribution >= 4 is 23.0 Å². The van der Waals surface area contributed by atoms with Crippen molar-refractivity contribution in [2.24, 2.45) is 0 Å². The summed E-state index contributed by atoms with van der Waals surface area (Å²) in [7, 11) is 4.58. The Morgan fingerprint density at radius 3 is 2.37 bits per heavy atom. The molecule has 3 rings (SSSR count). The van der Waals surface area contributed by atoms with Crippen molar-refractivity contribution in [1.29, 1.82) is 0 Å². The summed E-state index contributed by atoms with van der Waals surface area (Å²) in [6, 6.07) is 12.7. The number of carbonyl (C=O) groups excluding carboxylic acids is 1. The Labute approximate surface area is 174 Å². The number of aliphatic hydroxyl groups is 1. The van der Waals surface area contributed by atoms with Crippen molar-refractivity contribution < 1.29 is 28.5 Å². The third kappa shape index (κ3) is 4.58. The zero-order valence-electron chi connectivity index (χ0n) is 17.4. The number of furan rings is 1. The van der Waals surface area contributed by atoms with Crippen LogP contribution in [-0.4, -0.2) is 38.9 Å². The number of nitrogens with one attached hydrogen (secondary N) is 1. The van der Waals surface area contributed by atoms with Gasteiger partial charge in [-0.25, -0.2) is 0 Å². The van der Waals surface area contributed by atoms with E-state index in [4.69, 9.17) is 18.6 Å².